The molecule has 0 spiro atoms. The Morgan fingerprint density at radius 1 is 1.05 bits per heavy atom. The van der Waals surface area contributed by atoms with Crippen LogP contribution in [-0.4, -0.2) is 35.2 Å². The molecule has 0 aliphatic carbocycles. The lowest BCUT2D eigenvalue weighted by Crippen LogP contribution is -2.36. The fourth-order valence-corrected chi connectivity index (χ4v) is 2.57. The van der Waals surface area contributed by atoms with Crippen LogP contribution in [0.4, 0.5) is 0 Å². The fraction of sp³-hybridized carbons (Fsp3) is 0.278. The van der Waals surface area contributed by atoms with E-state index in [1.807, 2.05) is 60.7 Å². The molecule has 1 aliphatic heterocycles. The summed E-state index contributed by atoms with van der Waals surface area (Å²) in [7, 11) is 0. The number of carbonyl (C=O) groups is 1. The number of carbonyl (C=O) groups excluding carboxylic acids is 1. The molecule has 22 heavy (non-hydrogen) atoms. The van der Waals surface area contributed by atoms with Crippen LogP contribution < -0.4 is 0 Å². The first kappa shape index (κ1) is 14.8. The average molecular weight is 297 g/mol. The lowest BCUT2D eigenvalue weighted by molar-refractivity contribution is -0.133. The summed E-state index contributed by atoms with van der Waals surface area (Å²) in [6, 6.07) is 19.5. The molecular formula is C18H19NO3. The minimum absolute atomic E-state index is 0.0543. The van der Waals surface area contributed by atoms with Crippen molar-refractivity contribution < 1.29 is 14.6 Å². The molecule has 2 atom stereocenters. The highest BCUT2D eigenvalue weighted by Gasteiger charge is 2.47. The van der Waals surface area contributed by atoms with E-state index in [4.69, 9.17) is 4.74 Å². The van der Waals surface area contributed by atoms with Crippen molar-refractivity contribution >= 4 is 5.91 Å². The lowest BCUT2D eigenvalue weighted by Gasteiger charge is -2.21. The zero-order chi connectivity index (χ0) is 15.4. The molecule has 3 rings (SSSR count). The zero-order valence-electron chi connectivity index (χ0n) is 12.3. The molecule has 2 aromatic carbocycles. The third-order valence-electron chi connectivity index (χ3n) is 3.76. The van der Waals surface area contributed by atoms with Gasteiger partial charge in [-0.05, 0) is 11.1 Å². The summed E-state index contributed by atoms with van der Waals surface area (Å²) >= 11 is 0. The second kappa shape index (κ2) is 6.73. The van der Waals surface area contributed by atoms with Crippen LogP contribution in [0.3, 0.4) is 0 Å². The second-order valence-corrected chi connectivity index (χ2v) is 5.36. The summed E-state index contributed by atoms with van der Waals surface area (Å²) in [6.45, 7) is 0.748. The molecule has 1 aliphatic rings. The summed E-state index contributed by atoms with van der Waals surface area (Å²) in [5.41, 5.74) is 2.06. The van der Waals surface area contributed by atoms with Gasteiger partial charge in [-0.1, -0.05) is 60.7 Å². The van der Waals surface area contributed by atoms with Gasteiger partial charge in [0.25, 0.3) is 5.91 Å². The standard InChI is InChI=1S/C18H19NO3/c20-12-11-19(13-14-7-3-1-4-8-14)18(21)17-16(22-17)15-9-5-2-6-10-15/h1-10,16-17,20H,11-13H2/t16?,17-/m1/s1. The number of hydrogen-bond acceptors (Lipinski definition) is 3. The van der Waals surface area contributed by atoms with Crippen LogP contribution in [0.25, 0.3) is 0 Å². The molecule has 0 radical (unpaired) electrons. The van der Waals surface area contributed by atoms with Gasteiger partial charge in [-0.2, -0.15) is 0 Å². The maximum Gasteiger partial charge on any atom is 0.255 e. The first-order chi connectivity index (χ1) is 10.8. The predicted octanol–water partition coefficient (Wildman–Crippen LogP) is 2.15. The molecule has 0 bridgehead atoms. The van der Waals surface area contributed by atoms with Crippen molar-refractivity contribution in [3.63, 3.8) is 0 Å². The summed E-state index contributed by atoms with van der Waals surface area (Å²) < 4.78 is 5.56. The first-order valence-corrected chi connectivity index (χ1v) is 7.43. The zero-order valence-corrected chi connectivity index (χ0v) is 12.3. The monoisotopic (exact) mass is 297 g/mol. The van der Waals surface area contributed by atoms with Gasteiger partial charge in [-0.15, -0.1) is 0 Å². The van der Waals surface area contributed by atoms with Crippen molar-refractivity contribution in [2.24, 2.45) is 0 Å². The molecule has 4 heteroatoms. The van der Waals surface area contributed by atoms with Crippen LogP contribution >= 0.6 is 0 Å². The van der Waals surface area contributed by atoms with E-state index in [9.17, 15) is 9.90 Å². The highest BCUT2D eigenvalue weighted by molar-refractivity contribution is 5.84. The fourth-order valence-electron chi connectivity index (χ4n) is 2.57. The Balaban J connectivity index is 1.66. The van der Waals surface area contributed by atoms with E-state index in [0.29, 0.717) is 13.1 Å². The van der Waals surface area contributed by atoms with Crippen molar-refractivity contribution in [2.75, 3.05) is 13.2 Å². The molecule has 1 amide bonds. The molecular weight excluding hydrogens is 278 g/mol. The van der Waals surface area contributed by atoms with Crippen LogP contribution in [0.5, 0.6) is 0 Å². The van der Waals surface area contributed by atoms with Crippen LogP contribution in [0.15, 0.2) is 60.7 Å². The van der Waals surface area contributed by atoms with Crippen molar-refractivity contribution in [3.05, 3.63) is 71.8 Å². The van der Waals surface area contributed by atoms with Crippen LogP contribution in [0.1, 0.15) is 17.2 Å². The van der Waals surface area contributed by atoms with Crippen LogP contribution in [-0.2, 0) is 16.1 Å². The predicted molar refractivity (Wildman–Crippen MR) is 83.0 cm³/mol. The van der Waals surface area contributed by atoms with Gasteiger partial charge in [0.1, 0.15) is 6.10 Å². The normalized spacial score (nSPS) is 19.7. The molecule has 0 aromatic heterocycles. The Morgan fingerprint density at radius 3 is 2.32 bits per heavy atom. The van der Waals surface area contributed by atoms with E-state index in [1.54, 1.807) is 4.90 Å². The number of epoxide rings is 1. The minimum atomic E-state index is -0.433. The van der Waals surface area contributed by atoms with E-state index in [1.165, 1.54) is 0 Å². The van der Waals surface area contributed by atoms with Gasteiger partial charge >= 0.3 is 0 Å². The smallest absolute Gasteiger partial charge is 0.255 e. The number of nitrogens with zero attached hydrogens (tertiary/aromatic N) is 1. The van der Waals surface area contributed by atoms with Gasteiger partial charge in [-0.3, -0.25) is 4.79 Å². The van der Waals surface area contributed by atoms with Gasteiger partial charge in [0.15, 0.2) is 6.10 Å². The average Bonchev–Trinajstić information content (AvgIpc) is 3.36. The number of aliphatic hydroxyl groups excluding tert-OH is 1. The van der Waals surface area contributed by atoms with E-state index in [0.717, 1.165) is 11.1 Å². The Labute approximate surface area is 130 Å². The number of benzene rings is 2. The van der Waals surface area contributed by atoms with Crippen molar-refractivity contribution in [2.45, 2.75) is 18.8 Å². The molecule has 1 unspecified atom stereocenters. The third kappa shape index (κ3) is 3.35. The van der Waals surface area contributed by atoms with Crippen molar-refractivity contribution in [1.82, 2.24) is 4.90 Å². The van der Waals surface area contributed by atoms with Crippen molar-refractivity contribution in [1.29, 1.82) is 0 Å². The summed E-state index contributed by atoms with van der Waals surface area (Å²) in [6.07, 6.45) is -0.594. The molecule has 1 heterocycles. The largest absolute Gasteiger partial charge is 0.395 e. The van der Waals surface area contributed by atoms with Gasteiger partial charge in [0, 0.05) is 13.1 Å². The highest BCUT2D eigenvalue weighted by Crippen LogP contribution is 2.39. The number of aliphatic hydroxyl groups is 1. The summed E-state index contributed by atoms with van der Waals surface area (Å²) in [5, 5.41) is 9.21. The Kier molecular flexibility index (Phi) is 4.51. The maximum absolute atomic E-state index is 12.6. The second-order valence-electron chi connectivity index (χ2n) is 5.36. The lowest BCUT2D eigenvalue weighted by atomic mass is 10.1. The van der Waals surface area contributed by atoms with Crippen molar-refractivity contribution in [3.8, 4) is 0 Å². The topological polar surface area (TPSA) is 53.1 Å². The maximum atomic E-state index is 12.6. The SMILES string of the molecule is O=C([C@@H]1OC1c1ccccc1)N(CCO)Cc1ccccc1. The quantitative estimate of drug-likeness (QED) is 0.831. The van der Waals surface area contributed by atoms with Gasteiger partial charge < -0.3 is 14.7 Å². The Morgan fingerprint density at radius 2 is 1.68 bits per heavy atom. The van der Waals surface area contributed by atoms with Gasteiger partial charge in [0.2, 0.25) is 0 Å². The van der Waals surface area contributed by atoms with E-state index in [-0.39, 0.29) is 18.6 Å². The highest BCUT2D eigenvalue weighted by atomic mass is 16.6. The first-order valence-electron chi connectivity index (χ1n) is 7.43. The third-order valence-corrected chi connectivity index (χ3v) is 3.76. The molecule has 1 saturated heterocycles. The van der Waals surface area contributed by atoms with Crippen LogP contribution in [0, 0.1) is 0 Å². The number of ether oxygens (including phenoxy) is 1. The molecule has 0 saturated carbocycles. The summed E-state index contributed by atoms with van der Waals surface area (Å²) in [5.74, 6) is -0.0632. The van der Waals surface area contributed by atoms with E-state index in [2.05, 4.69) is 0 Å². The molecule has 114 valence electrons. The number of amides is 1. The van der Waals surface area contributed by atoms with Crippen LogP contribution in [0.2, 0.25) is 0 Å². The number of hydrogen-bond donors (Lipinski definition) is 1. The molecule has 2 aromatic rings. The summed E-state index contributed by atoms with van der Waals surface area (Å²) in [4.78, 5) is 14.2. The van der Waals surface area contributed by atoms with E-state index >= 15 is 0 Å². The van der Waals surface area contributed by atoms with E-state index < -0.39 is 6.10 Å². The number of rotatable bonds is 6. The van der Waals surface area contributed by atoms with Gasteiger partial charge in [0.05, 0.1) is 6.61 Å². The van der Waals surface area contributed by atoms with Gasteiger partial charge in [-0.25, -0.2) is 0 Å². The Bertz CT molecular complexity index is 615. The molecule has 1 fully saturated rings. The molecule has 4 nitrogen and oxygen atoms in total. The minimum Gasteiger partial charge on any atom is -0.395 e. The molecule has 1 N–H and O–H groups in total. The Hall–Kier alpha value is -2.17.